The van der Waals surface area contributed by atoms with E-state index in [9.17, 15) is 9.59 Å². The first-order valence-corrected chi connectivity index (χ1v) is 7.33. The zero-order valence-electron chi connectivity index (χ0n) is 12.2. The Morgan fingerprint density at radius 3 is 2.70 bits per heavy atom. The minimum absolute atomic E-state index is 0.122. The van der Waals surface area contributed by atoms with Crippen LogP contribution >= 0.6 is 0 Å². The molecule has 20 heavy (non-hydrogen) atoms. The summed E-state index contributed by atoms with van der Waals surface area (Å²) in [6.45, 7) is 6.33. The fourth-order valence-electron chi connectivity index (χ4n) is 3.04. The van der Waals surface area contributed by atoms with Gasteiger partial charge in [-0.15, -0.1) is 0 Å². The summed E-state index contributed by atoms with van der Waals surface area (Å²) in [5.41, 5.74) is 0. The van der Waals surface area contributed by atoms with Crippen LogP contribution in [0.1, 0.15) is 26.7 Å². The number of carbonyl (C=O) groups is 2. The molecule has 4 unspecified atom stereocenters. The minimum Gasteiger partial charge on any atom is -0.481 e. The van der Waals surface area contributed by atoms with E-state index in [2.05, 4.69) is 12.2 Å². The minimum atomic E-state index is -0.811. The van der Waals surface area contributed by atoms with Crippen molar-refractivity contribution in [1.29, 1.82) is 0 Å². The summed E-state index contributed by atoms with van der Waals surface area (Å²) in [6.07, 6.45) is 1.46. The highest BCUT2D eigenvalue weighted by molar-refractivity contribution is 5.76. The van der Waals surface area contributed by atoms with Crippen molar-refractivity contribution in [3.05, 3.63) is 0 Å². The number of hydrogen-bond acceptors (Lipinski definition) is 3. The molecule has 0 radical (unpaired) electrons. The Kier molecular flexibility index (Phi) is 4.86. The van der Waals surface area contributed by atoms with Crippen LogP contribution < -0.4 is 5.32 Å². The molecule has 2 saturated heterocycles. The second-order valence-corrected chi connectivity index (χ2v) is 6.18. The lowest BCUT2D eigenvalue weighted by Crippen LogP contribution is -2.54. The second kappa shape index (κ2) is 6.43. The highest BCUT2D eigenvalue weighted by Crippen LogP contribution is 2.22. The van der Waals surface area contributed by atoms with Gasteiger partial charge in [-0.1, -0.05) is 13.8 Å². The lowest BCUT2D eigenvalue weighted by molar-refractivity contribution is -0.143. The van der Waals surface area contributed by atoms with Crippen LogP contribution in [0.4, 0.5) is 4.79 Å². The molecule has 114 valence electrons. The molecule has 2 aliphatic heterocycles. The lowest BCUT2D eigenvalue weighted by atomic mass is 9.90. The van der Waals surface area contributed by atoms with E-state index in [4.69, 9.17) is 9.84 Å². The molecule has 0 aromatic heterocycles. The fourth-order valence-corrected chi connectivity index (χ4v) is 3.04. The lowest BCUT2D eigenvalue weighted by Gasteiger charge is -2.37. The maximum atomic E-state index is 12.3. The largest absolute Gasteiger partial charge is 0.481 e. The van der Waals surface area contributed by atoms with E-state index in [0.717, 1.165) is 6.42 Å². The van der Waals surface area contributed by atoms with E-state index in [1.165, 1.54) is 0 Å². The van der Waals surface area contributed by atoms with Gasteiger partial charge in [0, 0.05) is 25.7 Å². The maximum absolute atomic E-state index is 12.3. The van der Waals surface area contributed by atoms with E-state index < -0.39 is 11.9 Å². The standard InChI is InChI=1S/C14H24N2O4/c1-9-5-11(13(17)18)7-16(6-9)14(19)15-12-3-4-20-8-10(12)2/h9-12H,3-8H2,1-2H3,(H,15,19)(H,17,18). The molecule has 4 atom stereocenters. The molecular formula is C14H24N2O4. The van der Waals surface area contributed by atoms with E-state index in [0.29, 0.717) is 38.6 Å². The Labute approximate surface area is 119 Å². The molecule has 2 amide bonds. The number of likely N-dealkylation sites (tertiary alicyclic amines) is 1. The summed E-state index contributed by atoms with van der Waals surface area (Å²) in [4.78, 5) is 25.1. The van der Waals surface area contributed by atoms with Gasteiger partial charge in [-0.3, -0.25) is 4.79 Å². The summed E-state index contributed by atoms with van der Waals surface area (Å²) in [7, 11) is 0. The molecule has 2 aliphatic rings. The molecule has 0 aliphatic carbocycles. The number of hydrogen-bond donors (Lipinski definition) is 2. The number of urea groups is 1. The van der Waals surface area contributed by atoms with Crippen molar-refractivity contribution >= 4 is 12.0 Å². The third-order valence-corrected chi connectivity index (χ3v) is 4.25. The van der Waals surface area contributed by atoms with Crippen molar-refractivity contribution in [3.8, 4) is 0 Å². The van der Waals surface area contributed by atoms with Gasteiger partial charge in [0.05, 0.1) is 12.5 Å². The van der Waals surface area contributed by atoms with Crippen LogP contribution in [0.15, 0.2) is 0 Å². The summed E-state index contributed by atoms with van der Waals surface area (Å²) >= 11 is 0. The Morgan fingerprint density at radius 1 is 1.30 bits per heavy atom. The van der Waals surface area contributed by atoms with Gasteiger partial charge < -0.3 is 20.1 Å². The first kappa shape index (κ1) is 15.1. The van der Waals surface area contributed by atoms with Crippen molar-refractivity contribution in [2.75, 3.05) is 26.3 Å². The molecule has 6 heteroatoms. The zero-order valence-corrected chi connectivity index (χ0v) is 12.2. The second-order valence-electron chi connectivity index (χ2n) is 6.18. The molecular weight excluding hydrogens is 260 g/mol. The van der Waals surface area contributed by atoms with Crippen LogP contribution in [0, 0.1) is 17.8 Å². The SMILES string of the molecule is CC1CC(C(=O)O)CN(C(=O)NC2CCOCC2C)C1. The van der Waals surface area contributed by atoms with Gasteiger partial charge in [-0.05, 0) is 24.7 Å². The molecule has 0 aromatic rings. The smallest absolute Gasteiger partial charge is 0.317 e. The molecule has 0 aromatic carbocycles. The molecule has 2 heterocycles. The summed E-state index contributed by atoms with van der Waals surface area (Å²) in [5.74, 6) is -0.738. The molecule has 2 rings (SSSR count). The van der Waals surface area contributed by atoms with Crippen molar-refractivity contribution in [1.82, 2.24) is 10.2 Å². The first-order chi connectivity index (χ1) is 9.47. The van der Waals surface area contributed by atoms with E-state index >= 15 is 0 Å². The summed E-state index contributed by atoms with van der Waals surface area (Å²) in [5, 5.41) is 12.2. The average molecular weight is 284 g/mol. The molecule has 0 bridgehead atoms. The van der Waals surface area contributed by atoms with Gasteiger partial charge in [-0.2, -0.15) is 0 Å². The van der Waals surface area contributed by atoms with Crippen LogP contribution in [0.3, 0.4) is 0 Å². The molecule has 2 fully saturated rings. The average Bonchev–Trinajstić information content (AvgIpc) is 2.40. The highest BCUT2D eigenvalue weighted by atomic mass is 16.5. The highest BCUT2D eigenvalue weighted by Gasteiger charge is 2.33. The number of carboxylic acid groups (broad SMARTS) is 1. The van der Waals surface area contributed by atoms with Crippen LogP contribution in [-0.4, -0.2) is 54.4 Å². The summed E-state index contributed by atoms with van der Waals surface area (Å²) < 4.78 is 5.36. The number of carbonyl (C=O) groups excluding carboxylic acids is 1. The van der Waals surface area contributed by atoms with Crippen LogP contribution in [-0.2, 0) is 9.53 Å². The third-order valence-electron chi connectivity index (χ3n) is 4.25. The third kappa shape index (κ3) is 3.62. The fraction of sp³-hybridized carbons (Fsp3) is 0.857. The Bertz CT molecular complexity index is 374. The van der Waals surface area contributed by atoms with Gasteiger partial charge in [0.15, 0.2) is 0 Å². The van der Waals surface area contributed by atoms with Gasteiger partial charge >= 0.3 is 12.0 Å². The van der Waals surface area contributed by atoms with Crippen molar-refractivity contribution in [2.24, 2.45) is 17.8 Å². The van der Waals surface area contributed by atoms with Crippen molar-refractivity contribution < 1.29 is 19.4 Å². The molecule has 2 N–H and O–H groups in total. The van der Waals surface area contributed by atoms with E-state index in [-0.39, 0.29) is 18.0 Å². The van der Waals surface area contributed by atoms with Crippen molar-refractivity contribution in [2.45, 2.75) is 32.7 Å². The van der Waals surface area contributed by atoms with E-state index in [1.54, 1.807) is 4.90 Å². The van der Waals surface area contributed by atoms with Crippen LogP contribution in [0.25, 0.3) is 0 Å². The number of rotatable bonds is 2. The van der Waals surface area contributed by atoms with Gasteiger partial charge in [-0.25, -0.2) is 4.79 Å². The monoisotopic (exact) mass is 284 g/mol. The Balaban J connectivity index is 1.92. The summed E-state index contributed by atoms with van der Waals surface area (Å²) in [6, 6.07) is -0.0155. The van der Waals surface area contributed by atoms with Gasteiger partial charge in [0.1, 0.15) is 0 Å². The molecule has 0 spiro atoms. The molecule has 0 saturated carbocycles. The zero-order chi connectivity index (χ0) is 14.7. The van der Waals surface area contributed by atoms with Crippen LogP contribution in [0.5, 0.6) is 0 Å². The Morgan fingerprint density at radius 2 is 2.05 bits per heavy atom. The topological polar surface area (TPSA) is 78.9 Å². The molecule has 6 nitrogen and oxygen atoms in total. The van der Waals surface area contributed by atoms with Crippen molar-refractivity contribution in [3.63, 3.8) is 0 Å². The maximum Gasteiger partial charge on any atom is 0.317 e. The van der Waals surface area contributed by atoms with Crippen LogP contribution in [0.2, 0.25) is 0 Å². The number of ether oxygens (including phenoxy) is 1. The van der Waals surface area contributed by atoms with E-state index in [1.807, 2.05) is 6.92 Å². The van der Waals surface area contributed by atoms with Gasteiger partial charge in [0.2, 0.25) is 0 Å². The first-order valence-electron chi connectivity index (χ1n) is 7.33. The predicted molar refractivity (Wildman–Crippen MR) is 73.4 cm³/mol. The number of piperidine rings is 1. The van der Waals surface area contributed by atoms with Gasteiger partial charge in [0.25, 0.3) is 0 Å². The normalized spacial score (nSPS) is 34.6. The Hall–Kier alpha value is -1.30. The predicted octanol–water partition coefficient (Wildman–Crippen LogP) is 1.16. The number of amides is 2. The quantitative estimate of drug-likeness (QED) is 0.797. The number of aliphatic carboxylic acids is 1. The number of nitrogens with one attached hydrogen (secondary N) is 1. The number of nitrogens with zero attached hydrogens (tertiary/aromatic N) is 1. The number of carboxylic acids is 1.